The molecular weight excluding hydrogens is 355 g/mol. The van der Waals surface area contributed by atoms with Crippen LogP contribution < -0.4 is 5.43 Å². The predicted molar refractivity (Wildman–Crippen MR) is 104 cm³/mol. The van der Waals surface area contributed by atoms with E-state index in [4.69, 9.17) is 23.2 Å². The van der Waals surface area contributed by atoms with E-state index in [2.05, 4.69) is 10.5 Å². The number of fused-ring (bicyclic) bond motifs is 1. The first-order chi connectivity index (χ1) is 12.0. The maximum Gasteiger partial charge on any atom is 0.244 e. The molecule has 3 aromatic rings. The van der Waals surface area contributed by atoms with Crippen LogP contribution in [0, 0.1) is 0 Å². The highest BCUT2D eigenvalue weighted by molar-refractivity contribution is 6.42. The fraction of sp³-hybridized carbons (Fsp3) is 0.100. The van der Waals surface area contributed by atoms with E-state index in [1.807, 2.05) is 48.5 Å². The van der Waals surface area contributed by atoms with Gasteiger partial charge in [-0.25, -0.2) is 5.43 Å². The molecule has 0 aliphatic heterocycles. The Morgan fingerprint density at radius 3 is 2.56 bits per heavy atom. The summed E-state index contributed by atoms with van der Waals surface area (Å²) >= 11 is 11.9. The van der Waals surface area contributed by atoms with E-state index < -0.39 is 0 Å². The lowest BCUT2D eigenvalue weighted by atomic mass is 10.0. The molecule has 3 aromatic carbocycles. The summed E-state index contributed by atoms with van der Waals surface area (Å²) in [5.41, 5.74) is 5.03. The van der Waals surface area contributed by atoms with Crippen molar-refractivity contribution in [3.05, 3.63) is 81.8 Å². The van der Waals surface area contributed by atoms with Crippen LogP contribution in [0.15, 0.2) is 65.8 Å². The summed E-state index contributed by atoms with van der Waals surface area (Å²) in [5, 5.41) is 7.28. The molecule has 5 heteroatoms. The van der Waals surface area contributed by atoms with Gasteiger partial charge in [-0.05, 0) is 41.0 Å². The molecule has 0 aromatic heterocycles. The van der Waals surface area contributed by atoms with Gasteiger partial charge in [0.1, 0.15) is 0 Å². The minimum atomic E-state index is -0.171. The summed E-state index contributed by atoms with van der Waals surface area (Å²) in [6.07, 6.45) is 0.263. The van der Waals surface area contributed by atoms with Gasteiger partial charge in [0.05, 0.1) is 22.2 Å². The lowest BCUT2D eigenvalue weighted by molar-refractivity contribution is -0.120. The third-order valence-corrected chi connectivity index (χ3v) is 4.66. The van der Waals surface area contributed by atoms with Crippen molar-refractivity contribution >= 4 is 45.6 Å². The van der Waals surface area contributed by atoms with Crippen LogP contribution in [-0.4, -0.2) is 11.6 Å². The molecule has 25 heavy (non-hydrogen) atoms. The number of amides is 1. The van der Waals surface area contributed by atoms with Gasteiger partial charge < -0.3 is 0 Å². The number of hydrazone groups is 1. The molecule has 0 unspecified atom stereocenters. The van der Waals surface area contributed by atoms with Crippen LogP contribution >= 0.6 is 23.2 Å². The zero-order valence-corrected chi connectivity index (χ0v) is 15.1. The number of halogens is 2. The molecule has 0 fully saturated rings. The molecule has 0 radical (unpaired) electrons. The Kier molecular flexibility index (Phi) is 5.37. The quantitative estimate of drug-likeness (QED) is 0.495. The summed E-state index contributed by atoms with van der Waals surface area (Å²) in [6, 6.07) is 19.2. The van der Waals surface area contributed by atoms with Crippen molar-refractivity contribution in [2.24, 2.45) is 5.10 Å². The molecule has 0 saturated carbocycles. The summed E-state index contributed by atoms with van der Waals surface area (Å²) in [7, 11) is 0. The zero-order valence-electron chi connectivity index (χ0n) is 13.6. The highest BCUT2D eigenvalue weighted by atomic mass is 35.5. The molecule has 0 aliphatic rings. The molecule has 3 nitrogen and oxygen atoms in total. The largest absolute Gasteiger partial charge is 0.273 e. The van der Waals surface area contributed by atoms with Crippen LogP contribution in [0.25, 0.3) is 10.8 Å². The van der Waals surface area contributed by atoms with Crippen molar-refractivity contribution in [2.75, 3.05) is 0 Å². The van der Waals surface area contributed by atoms with Crippen LogP contribution in [-0.2, 0) is 11.2 Å². The number of nitrogens with zero attached hydrogens (tertiary/aromatic N) is 1. The topological polar surface area (TPSA) is 41.5 Å². The van der Waals surface area contributed by atoms with Crippen molar-refractivity contribution in [1.82, 2.24) is 5.43 Å². The van der Waals surface area contributed by atoms with E-state index in [0.717, 1.165) is 21.9 Å². The molecule has 0 bridgehead atoms. The Morgan fingerprint density at radius 1 is 1.00 bits per heavy atom. The standard InChI is InChI=1S/C20H16Cl2N2O/c1-13(15-9-10-18(21)19(22)11-15)23-24-20(25)12-16-7-4-6-14-5-2-3-8-17(14)16/h2-11H,12H2,1H3,(H,24,25). The fourth-order valence-corrected chi connectivity index (χ4v) is 2.89. The molecule has 0 spiro atoms. The van der Waals surface area contributed by atoms with Gasteiger partial charge in [-0.15, -0.1) is 0 Å². The van der Waals surface area contributed by atoms with E-state index in [9.17, 15) is 4.79 Å². The summed E-state index contributed by atoms with van der Waals surface area (Å²) < 4.78 is 0. The van der Waals surface area contributed by atoms with E-state index in [-0.39, 0.29) is 12.3 Å². The van der Waals surface area contributed by atoms with Crippen molar-refractivity contribution in [1.29, 1.82) is 0 Å². The van der Waals surface area contributed by atoms with E-state index >= 15 is 0 Å². The average Bonchev–Trinajstić information content (AvgIpc) is 2.62. The second-order valence-electron chi connectivity index (χ2n) is 5.68. The first-order valence-electron chi connectivity index (χ1n) is 7.80. The number of hydrogen-bond acceptors (Lipinski definition) is 2. The van der Waals surface area contributed by atoms with Gasteiger partial charge in [-0.2, -0.15) is 5.10 Å². The van der Waals surface area contributed by atoms with Gasteiger partial charge >= 0.3 is 0 Å². The Labute approximate surface area is 156 Å². The number of benzene rings is 3. The smallest absolute Gasteiger partial charge is 0.244 e. The van der Waals surface area contributed by atoms with Crippen LogP contribution in [0.4, 0.5) is 0 Å². The van der Waals surface area contributed by atoms with Gasteiger partial charge in [0.25, 0.3) is 0 Å². The highest BCUT2D eigenvalue weighted by Crippen LogP contribution is 2.23. The number of carbonyl (C=O) groups is 1. The van der Waals surface area contributed by atoms with E-state index in [1.54, 1.807) is 19.1 Å². The highest BCUT2D eigenvalue weighted by Gasteiger charge is 2.07. The van der Waals surface area contributed by atoms with Gasteiger partial charge in [-0.3, -0.25) is 4.79 Å². The first kappa shape index (κ1) is 17.5. The monoisotopic (exact) mass is 370 g/mol. The van der Waals surface area contributed by atoms with Gasteiger partial charge in [0.15, 0.2) is 0 Å². The molecule has 1 amide bonds. The lowest BCUT2D eigenvalue weighted by Crippen LogP contribution is -2.21. The Bertz CT molecular complexity index is 962. The Morgan fingerprint density at radius 2 is 1.76 bits per heavy atom. The average molecular weight is 371 g/mol. The second kappa shape index (κ2) is 7.68. The molecule has 0 saturated heterocycles. The summed E-state index contributed by atoms with van der Waals surface area (Å²) in [4.78, 5) is 12.2. The Hall–Kier alpha value is -2.36. The maximum atomic E-state index is 12.2. The van der Waals surface area contributed by atoms with Crippen molar-refractivity contribution in [3.63, 3.8) is 0 Å². The van der Waals surface area contributed by atoms with E-state index in [0.29, 0.717) is 15.8 Å². The van der Waals surface area contributed by atoms with Crippen LogP contribution in [0.3, 0.4) is 0 Å². The SMILES string of the molecule is CC(=NNC(=O)Cc1cccc2ccccc12)c1ccc(Cl)c(Cl)c1. The van der Waals surface area contributed by atoms with Crippen molar-refractivity contribution in [3.8, 4) is 0 Å². The maximum absolute atomic E-state index is 12.2. The van der Waals surface area contributed by atoms with Crippen molar-refractivity contribution < 1.29 is 4.79 Å². The third-order valence-electron chi connectivity index (χ3n) is 3.92. The van der Waals surface area contributed by atoms with E-state index in [1.165, 1.54) is 0 Å². The lowest BCUT2D eigenvalue weighted by Gasteiger charge is -2.07. The summed E-state index contributed by atoms with van der Waals surface area (Å²) in [5.74, 6) is -0.171. The number of carbonyl (C=O) groups excluding carboxylic acids is 1. The van der Waals surface area contributed by atoms with Gasteiger partial charge in [0.2, 0.25) is 5.91 Å². The minimum absolute atomic E-state index is 0.171. The molecule has 1 N–H and O–H groups in total. The molecule has 0 atom stereocenters. The normalized spacial score (nSPS) is 11.6. The molecule has 126 valence electrons. The molecule has 0 heterocycles. The minimum Gasteiger partial charge on any atom is -0.273 e. The number of hydrogen-bond donors (Lipinski definition) is 1. The van der Waals surface area contributed by atoms with Crippen LogP contribution in [0.2, 0.25) is 10.0 Å². The second-order valence-corrected chi connectivity index (χ2v) is 6.49. The van der Waals surface area contributed by atoms with Crippen molar-refractivity contribution in [2.45, 2.75) is 13.3 Å². The van der Waals surface area contributed by atoms with Crippen LogP contribution in [0.1, 0.15) is 18.1 Å². The van der Waals surface area contributed by atoms with Gasteiger partial charge in [-0.1, -0.05) is 71.7 Å². The molecular formula is C20H16Cl2N2O. The summed E-state index contributed by atoms with van der Waals surface area (Å²) in [6.45, 7) is 1.80. The number of rotatable bonds is 4. The zero-order chi connectivity index (χ0) is 17.8. The predicted octanol–water partition coefficient (Wildman–Crippen LogP) is 5.23. The third kappa shape index (κ3) is 4.19. The molecule has 0 aliphatic carbocycles. The fourth-order valence-electron chi connectivity index (χ4n) is 2.59. The van der Waals surface area contributed by atoms with Gasteiger partial charge in [0, 0.05) is 0 Å². The number of nitrogens with one attached hydrogen (secondary N) is 1. The van der Waals surface area contributed by atoms with Crippen LogP contribution in [0.5, 0.6) is 0 Å². The molecule has 3 rings (SSSR count). The Balaban J connectivity index is 1.72. The first-order valence-corrected chi connectivity index (χ1v) is 8.55.